The van der Waals surface area contributed by atoms with Crippen molar-refractivity contribution >= 4 is 0 Å². The summed E-state index contributed by atoms with van der Waals surface area (Å²) in [6.45, 7) is 2.57. The van der Waals surface area contributed by atoms with Gasteiger partial charge in [-0.25, -0.2) is 0 Å². The maximum atomic E-state index is 11.1. The third kappa shape index (κ3) is 2.18. The Morgan fingerprint density at radius 1 is 1.14 bits per heavy atom. The van der Waals surface area contributed by atoms with Gasteiger partial charge in [-0.2, -0.15) is 0 Å². The second-order valence-electron chi connectivity index (χ2n) is 5.93. The SMILES string of the molecule is COc1ccc(OC)c2c1C[C@](O)(C1(C)OCCO1)C[C@H]2O. The molecule has 1 aliphatic heterocycles. The third-order valence-corrected chi connectivity index (χ3v) is 4.73. The second-order valence-corrected chi connectivity index (χ2v) is 5.93. The van der Waals surface area contributed by atoms with Crippen molar-refractivity contribution in [3.63, 3.8) is 0 Å². The van der Waals surface area contributed by atoms with Crippen molar-refractivity contribution in [3.8, 4) is 11.5 Å². The summed E-state index contributed by atoms with van der Waals surface area (Å²) >= 11 is 0. The molecule has 1 aliphatic carbocycles. The maximum Gasteiger partial charge on any atom is 0.195 e. The Hall–Kier alpha value is -1.34. The molecule has 122 valence electrons. The summed E-state index contributed by atoms with van der Waals surface area (Å²) in [5.41, 5.74) is 0.0480. The van der Waals surface area contributed by atoms with Crippen LogP contribution in [0.1, 0.15) is 30.6 Å². The standard InChI is InChI=1S/C16H22O6/c1-15(21-6-7-22-15)16(18)8-10-12(19-2)4-5-13(20-3)14(10)11(17)9-16/h4-5,11,17-18H,6-9H2,1-3H3/t11-,16-/m1/s1. The van der Waals surface area contributed by atoms with E-state index >= 15 is 0 Å². The number of rotatable bonds is 3. The van der Waals surface area contributed by atoms with Crippen LogP contribution in [-0.2, 0) is 15.9 Å². The fourth-order valence-corrected chi connectivity index (χ4v) is 3.46. The average molecular weight is 310 g/mol. The normalized spacial score (nSPS) is 30.0. The fraction of sp³-hybridized carbons (Fsp3) is 0.625. The zero-order valence-electron chi connectivity index (χ0n) is 13.1. The van der Waals surface area contributed by atoms with E-state index in [0.29, 0.717) is 30.3 Å². The number of aliphatic hydroxyl groups excluding tert-OH is 1. The number of benzene rings is 1. The summed E-state index contributed by atoms with van der Waals surface area (Å²) in [4.78, 5) is 0. The van der Waals surface area contributed by atoms with Gasteiger partial charge in [0.15, 0.2) is 5.79 Å². The number of hydrogen-bond donors (Lipinski definition) is 2. The van der Waals surface area contributed by atoms with Gasteiger partial charge in [0.1, 0.15) is 17.1 Å². The summed E-state index contributed by atoms with van der Waals surface area (Å²) in [6.07, 6.45) is -0.514. The highest BCUT2D eigenvalue weighted by molar-refractivity contribution is 5.52. The zero-order chi connectivity index (χ0) is 16.0. The van der Waals surface area contributed by atoms with Crippen molar-refractivity contribution in [2.75, 3.05) is 27.4 Å². The van der Waals surface area contributed by atoms with E-state index in [1.807, 2.05) is 0 Å². The summed E-state index contributed by atoms with van der Waals surface area (Å²) < 4.78 is 22.0. The van der Waals surface area contributed by atoms with Gasteiger partial charge in [0.05, 0.1) is 33.5 Å². The Balaban J connectivity index is 2.08. The van der Waals surface area contributed by atoms with Crippen LogP contribution in [0.15, 0.2) is 12.1 Å². The lowest BCUT2D eigenvalue weighted by molar-refractivity contribution is -0.269. The van der Waals surface area contributed by atoms with E-state index in [1.54, 1.807) is 33.3 Å². The second kappa shape index (κ2) is 5.38. The van der Waals surface area contributed by atoms with Crippen LogP contribution in [0, 0.1) is 0 Å². The van der Waals surface area contributed by atoms with Gasteiger partial charge in [-0.1, -0.05) is 0 Å². The average Bonchev–Trinajstić information content (AvgIpc) is 2.94. The number of fused-ring (bicyclic) bond motifs is 1. The summed E-state index contributed by atoms with van der Waals surface area (Å²) in [5.74, 6) is 0.0538. The first-order valence-corrected chi connectivity index (χ1v) is 7.36. The quantitative estimate of drug-likeness (QED) is 0.873. The molecule has 6 heteroatoms. The predicted molar refractivity (Wildman–Crippen MR) is 78.1 cm³/mol. The molecule has 0 spiro atoms. The smallest absolute Gasteiger partial charge is 0.195 e. The van der Waals surface area contributed by atoms with Gasteiger partial charge in [0, 0.05) is 24.0 Å². The van der Waals surface area contributed by atoms with Crippen LogP contribution in [0.25, 0.3) is 0 Å². The molecule has 2 aliphatic rings. The van der Waals surface area contributed by atoms with Crippen molar-refractivity contribution < 1.29 is 29.2 Å². The van der Waals surface area contributed by atoms with Crippen LogP contribution in [0.5, 0.6) is 11.5 Å². The molecular formula is C16H22O6. The van der Waals surface area contributed by atoms with E-state index in [9.17, 15) is 10.2 Å². The van der Waals surface area contributed by atoms with Crippen LogP contribution in [0.2, 0.25) is 0 Å². The lowest BCUT2D eigenvalue weighted by atomic mass is 9.74. The monoisotopic (exact) mass is 310 g/mol. The van der Waals surface area contributed by atoms with Gasteiger partial charge < -0.3 is 29.2 Å². The van der Waals surface area contributed by atoms with Crippen LogP contribution >= 0.6 is 0 Å². The Labute approximate surface area is 129 Å². The van der Waals surface area contributed by atoms with Gasteiger partial charge in [0.2, 0.25) is 0 Å². The number of methoxy groups -OCH3 is 2. The lowest BCUT2D eigenvalue weighted by Gasteiger charge is -2.45. The number of hydrogen-bond acceptors (Lipinski definition) is 6. The van der Waals surface area contributed by atoms with E-state index in [4.69, 9.17) is 18.9 Å². The minimum absolute atomic E-state index is 0.111. The van der Waals surface area contributed by atoms with Crippen molar-refractivity contribution in [2.24, 2.45) is 0 Å². The van der Waals surface area contributed by atoms with Crippen molar-refractivity contribution in [2.45, 2.75) is 37.3 Å². The molecule has 0 unspecified atom stereocenters. The molecule has 0 amide bonds. The van der Waals surface area contributed by atoms with E-state index in [2.05, 4.69) is 0 Å². The van der Waals surface area contributed by atoms with Crippen molar-refractivity contribution in [3.05, 3.63) is 23.3 Å². The Bertz CT molecular complexity index is 566. The molecule has 2 N–H and O–H groups in total. The summed E-state index contributed by atoms with van der Waals surface area (Å²) in [7, 11) is 3.12. The van der Waals surface area contributed by atoms with Crippen LogP contribution < -0.4 is 9.47 Å². The Morgan fingerprint density at radius 3 is 2.32 bits per heavy atom. The minimum atomic E-state index is -1.34. The topological polar surface area (TPSA) is 77.4 Å². The van der Waals surface area contributed by atoms with Crippen LogP contribution in [0.3, 0.4) is 0 Å². The fourth-order valence-electron chi connectivity index (χ4n) is 3.46. The highest BCUT2D eigenvalue weighted by Crippen LogP contribution is 2.49. The van der Waals surface area contributed by atoms with E-state index in [-0.39, 0.29) is 12.8 Å². The largest absolute Gasteiger partial charge is 0.496 e. The molecular weight excluding hydrogens is 288 g/mol. The first-order valence-electron chi connectivity index (χ1n) is 7.36. The van der Waals surface area contributed by atoms with Gasteiger partial charge in [-0.15, -0.1) is 0 Å². The van der Waals surface area contributed by atoms with E-state index < -0.39 is 17.5 Å². The molecule has 6 nitrogen and oxygen atoms in total. The molecule has 1 fully saturated rings. The Kier molecular flexibility index (Phi) is 3.81. The maximum absolute atomic E-state index is 11.1. The molecule has 1 saturated heterocycles. The molecule has 1 aromatic rings. The molecule has 1 aromatic carbocycles. The third-order valence-electron chi connectivity index (χ3n) is 4.73. The van der Waals surface area contributed by atoms with Crippen molar-refractivity contribution in [1.29, 1.82) is 0 Å². The molecule has 22 heavy (non-hydrogen) atoms. The first kappa shape index (κ1) is 15.6. The van der Waals surface area contributed by atoms with Crippen LogP contribution in [0.4, 0.5) is 0 Å². The molecule has 0 radical (unpaired) electrons. The van der Waals surface area contributed by atoms with Crippen molar-refractivity contribution in [1.82, 2.24) is 0 Å². The van der Waals surface area contributed by atoms with E-state index in [1.165, 1.54) is 0 Å². The molecule has 1 heterocycles. The predicted octanol–water partition coefficient (Wildman–Crippen LogP) is 1.18. The Morgan fingerprint density at radius 2 is 1.73 bits per heavy atom. The van der Waals surface area contributed by atoms with Gasteiger partial charge in [-0.05, 0) is 19.1 Å². The highest BCUT2D eigenvalue weighted by atomic mass is 16.7. The lowest BCUT2D eigenvalue weighted by Crippen LogP contribution is -2.57. The van der Waals surface area contributed by atoms with Gasteiger partial charge in [-0.3, -0.25) is 0 Å². The van der Waals surface area contributed by atoms with Crippen LogP contribution in [-0.4, -0.2) is 49.0 Å². The highest BCUT2D eigenvalue weighted by Gasteiger charge is 2.55. The molecule has 0 saturated carbocycles. The molecule has 3 rings (SSSR count). The first-order chi connectivity index (χ1) is 10.4. The number of ether oxygens (including phenoxy) is 4. The molecule has 2 atom stereocenters. The van der Waals surface area contributed by atoms with Gasteiger partial charge >= 0.3 is 0 Å². The summed E-state index contributed by atoms with van der Waals surface area (Å²) in [5, 5.41) is 21.7. The molecule has 0 bridgehead atoms. The van der Waals surface area contributed by atoms with E-state index in [0.717, 1.165) is 5.56 Å². The molecule has 0 aromatic heterocycles. The summed E-state index contributed by atoms with van der Waals surface area (Å²) in [6, 6.07) is 3.53. The minimum Gasteiger partial charge on any atom is -0.496 e. The zero-order valence-corrected chi connectivity index (χ0v) is 13.1. The number of aliphatic hydroxyl groups is 2. The van der Waals surface area contributed by atoms with Gasteiger partial charge in [0.25, 0.3) is 0 Å².